The van der Waals surface area contributed by atoms with Crippen LogP contribution in [0.25, 0.3) is 0 Å². The zero-order valence-corrected chi connectivity index (χ0v) is 14.5. The Morgan fingerprint density at radius 3 is 2.32 bits per heavy atom. The van der Waals surface area contributed by atoms with E-state index in [-0.39, 0.29) is 11.7 Å². The van der Waals surface area contributed by atoms with Gasteiger partial charge in [0.25, 0.3) is 0 Å². The molecule has 0 spiro atoms. The molecule has 1 amide bonds. The highest BCUT2D eigenvalue weighted by molar-refractivity contribution is 7.99. The van der Waals surface area contributed by atoms with Gasteiger partial charge < -0.3 is 10.1 Å². The second kappa shape index (κ2) is 9.01. The maximum absolute atomic E-state index is 12.1. The minimum absolute atomic E-state index is 0.193. The van der Waals surface area contributed by atoms with Crippen LogP contribution in [0.2, 0.25) is 5.02 Å². The molecule has 0 atom stereocenters. The number of hydrogen-bond donors (Lipinski definition) is 1. The summed E-state index contributed by atoms with van der Waals surface area (Å²) in [6.45, 7) is 0. The third-order valence-electron chi connectivity index (χ3n) is 3.00. The number of thioether (sulfide) groups is 1. The van der Waals surface area contributed by atoms with Crippen molar-refractivity contribution in [3.63, 3.8) is 0 Å². The van der Waals surface area contributed by atoms with Crippen LogP contribution in [-0.4, -0.2) is 18.0 Å². The maximum Gasteiger partial charge on any atom is 0.573 e. The average Bonchev–Trinajstić information content (AvgIpc) is 2.54. The van der Waals surface area contributed by atoms with Gasteiger partial charge in [0.1, 0.15) is 5.75 Å². The van der Waals surface area contributed by atoms with Crippen LogP contribution in [0.1, 0.15) is 12.8 Å². The summed E-state index contributed by atoms with van der Waals surface area (Å²) in [6, 6.07) is 12.5. The van der Waals surface area contributed by atoms with Gasteiger partial charge in [0, 0.05) is 22.0 Å². The number of nitrogens with one attached hydrogen (secondary N) is 1. The van der Waals surface area contributed by atoms with Gasteiger partial charge in [-0.3, -0.25) is 4.79 Å². The summed E-state index contributed by atoms with van der Waals surface area (Å²) in [5.41, 5.74) is 0.421. The lowest BCUT2D eigenvalue weighted by molar-refractivity contribution is -0.274. The highest BCUT2D eigenvalue weighted by atomic mass is 35.5. The first-order chi connectivity index (χ1) is 11.8. The van der Waals surface area contributed by atoms with Crippen molar-refractivity contribution in [3.05, 3.63) is 53.6 Å². The zero-order chi connectivity index (χ0) is 18.3. The zero-order valence-electron chi connectivity index (χ0n) is 13.0. The minimum atomic E-state index is -4.73. The molecule has 0 radical (unpaired) electrons. The molecule has 0 fully saturated rings. The third kappa shape index (κ3) is 7.70. The molecule has 25 heavy (non-hydrogen) atoms. The Morgan fingerprint density at radius 1 is 1.08 bits per heavy atom. The number of halogens is 4. The van der Waals surface area contributed by atoms with Crippen molar-refractivity contribution in [1.29, 1.82) is 0 Å². The standard InChI is InChI=1S/C17H15ClF3NO2S/c18-12-3-9-15(10-4-12)25-11-1-2-16(23)22-13-5-7-14(8-6-13)24-17(19,20)21/h3-10H,1-2,11H2,(H,22,23). The molecule has 0 saturated carbocycles. The Balaban J connectivity index is 1.70. The minimum Gasteiger partial charge on any atom is -0.406 e. The number of anilines is 1. The molecule has 2 rings (SSSR count). The molecule has 0 aliphatic rings. The van der Waals surface area contributed by atoms with E-state index < -0.39 is 6.36 Å². The van der Waals surface area contributed by atoms with E-state index in [4.69, 9.17) is 11.6 Å². The summed E-state index contributed by atoms with van der Waals surface area (Å²) in [4.78, 5) is 12.9. The predicted octanol–water partition coefficient (Wildman–Crippen LogP) is 5.75. The second-order valence-electron chi connectivity index (χ2n) is 5.03. The van der Waals surface area contributed by atoms with E-state index in [1.807, 2.05) is 24.3 Å². The fourth-order valence-electron chi connectivity index (χ4n) is 1.92. The van der Waals surface area contributed by atoms with Gasteiger partial charge in [-0.05, 0) is 60.7 Å². The van der Waals surface area contributed by atoms with Crippen LogP contribution in [-0.2, 0) is 4.79 Å². The normalized spacial score (nSPS) is 11.2. The van der Waals surface area contributed by atoms with E-state index in [1.165, 1.54) is 12.1 Å². The molecule has 2 aromatic rings. The highest BCUT2D eigenvalue weighted by Crippen LogP contribution is 2.24. The topological polar surface area (TPSA) is 38.3 Å². The lowest BCUT2D eigenvalue weighted by atomic mass is 10.2. The largest absolute Gasteiger partial charge is 0.573 e. The van der Waals surface area contributed by atoms with E-state index in [1.54, 1.807) is 11.8 Å². The molecule has 0 aromatic heterocycles. The SMILES string of the molecule is O=C(CCCSc1ccc(Cl)cc1)Nc1ccc(OC(F)(F)F)cc1. The molecular weight excluding hydrogens is 375 g/mol. The van der Waals surface area contributed by atoms with E-state index in [0.717, 1.165) is 22.8 Å². The van der Waals surface area contributed by atoms with Gasteiger partial charge in [-0.2, -0.15) is 0 Å². The maximum atomic E-state index is 12.1. The number of amides is 1. The molecule has 0 bridgehead atoms. The van der Waals surface area contributed by atoms with Gasteiger partial charge in [0.15, 0.2) is 0 Å². The van der Waals surface area contributed by atoms with E-state index >= 15 is 0 Å². The Morgan fingerprint density at radius 2 is 1.72 bits per heavy atom. The van der Waals surface area contributed by atoms with Crippen molar-refractivity contribution in [1.82, 2.24) is 0 Å². The quantitative estimate of drug-likeness (QED) is 0.484. The number of hydrogen-bond acceptors (Lipinski definition) is 3. The van der Waals surface area contributed by atoms with Crippen LogP contribution in [0.15, 0.2) is 53.4 Å². The Hall–Kier alpha value is -1.86. The van der Waals surface area contributed by atoms with Crippen LogP contribution < -0.4 is 10.1 Å². The number of carbonyl (C=O) groups excluding carboxylic acids is 1. The summed E-state index contributed by atoms with van der Waals surface area (Å²) in [5.74, 6) is 0.249. The van der Waals surface area contributed by atoms with Gasteiger partial charge in [0.2, 0.25) is 5.91 Å². The first kappa shape index (κ1) is 19.5. The molecule has 2 aromatic carbocycles. The first-order valence-corrected chi connectivity index (χ1v) is 8.72. The molecule has 3 nitrogen and oxygen atoms in total. The molecule has 1 N–H and O–H groups in total. The van der Waals surface area contributed by atoms with E-state index in [0.29, 0.717) is 23.6 Å². The molecule has 134 valence electrons. The summed E-state index contributed by atoms with van der Waals surface area (Å²) in [5, 5.41) is 3.31. The number of alkyl halides is 3. The van der Waals surface area contributed by atoms with Crippen molar-refractivity contribution < 1.29 is 22.7 Å². The van der Waals surface area contributed by atoms with Gasteiger partial charge in [-0.1, -0.05) is 11.6 Å². The summed E-state index contributed by atoms with van der Waals surface area (Å²) in [7, 11) is 0. The van der Waals surface area contributed by atoms with Gasteiger partial charge in [-0.25, -0.2) is 0 Å². The molecule has 8 heteroatoms. The van der Waals surface area contributed by atoms with Crippen LogP contribution >= 0.6 is 23.4 Å². The fraction of sp³-hybridized carbons (Fsp3) is 0.235. The molecule has 0 saturated heterocycles. The van der Waals surface area contributed by atoms with Crippen molar-refractivity contribution >= 4 is 35.0 Å². The van der Waals surface area contributed by atoms with Crippen LogP contribution in [0.4, 0.5) is 18.9 Å². The molecule has 0 aliphatic heterocycles. The number of rotatable bonds is 7. The Bertz CT molecular complexity index is 691. The Kier molecular flexibility index (Phi) is 7.01. The van der Waals surface area contributed by atoms with Gasteiger partial charge in [0.05, 0.1) is 0 Å². The average molecular weight is 390 g/mol. The van der Waals surface area contributed by atoms with Crippen molar-refractivity contribution in [2.24, 2.45) is 0 Å². The highest BCUT2D eigenvalue weighted by Gasteiger charge is 2.30. The molecule has 0 heterocycles. The number of ether oxygens (including phenoxy) is 1. The number of benzene rings is 2. The summed E-state index contributed by atoms with van der Waals surface area (Å²) >= 11 is 7.43. The lowest BCUT2D eigenvalue weighted by Gasteiger charge is -2.10. The van der Waals surface area contributed by atoms with Crippen LogP contribution in [0.3, 0.4) is 0 Å². The van der Waals surface area contributed by atoms with E-state index in [9.17, 15) is 18.0 Å². The monoisotopic (exact) mass is 389 g/mol. The second-order valence-corrected chi connectivity index (χ2v) is 6.63. The van der Waals surface area contributed by atoms with Crippen molar-refractivity contribution in [3.8, 4) is 5.75 Å². The predicted molar refractivity (Wildman–Crippen MR) is 93.2 cm³/mol. The van der Waals surface area contributed by atoms with Gasteiger partial charge >= 0.3 is 6.36 Å². The Labute approximate surface area is 152 Å². The lowest BCUT2D eigenvalue weighted by Crippen LogP contribution is -2.17. The molecular formula is C17H15ClF3NO2S. The molecule has 0 aliphatic carbocycles. The third-order valence-corrected chi connectivity index (χ3v) is 4.35. The van der Waals surface area contributed by atoms with E-state index in [2.05, 4.69) is 10.1 Å². The smallest absolute Gasteiger partial charge is 0.406 e. The fourth-order valence-corrected chi connectivity index (χ4v) is 2.90. The van der Waals surface area contributed by atoms with Crippen LogP contribution in [0, 0.1) is 0 Å². The molecule has 0 unspecified atom stereocenters. The summed E-state index contributed by atoms with van der Waals surface area (Å²) < 4.78 is 40.0. The first-order valence-electron chi connectivity index (χ1n) is 7.36. The van der Waals surface area contributed by atoms with Crippen molar-refractivity contribution in [2.45, 2.75) is 24.1 Å². The van der Waals surface area contributed by atoms with Crippen molar-refractivity contribution in [2.75, 3.05) is 11.1 Å². The van der Waals surface area contributed by atoms with Gasteiger partial charge in [-0.15, -0.1) is 24.9 Å². The van der Waals surface area contributed by atoms with Crippen LogP contribution in [0.5, 0.6) is 5.75 Å². The summed E-state index contributed by atoms with van der Waals surface area (Å²) in [6.07, 6.45) is -3.73. The number of carbonyl (C=O) groups is 1.